The zero-order chi connectivity index (χ0) is 16.3. The molecule has 0 aliphatic carbocycles. The third-order valence-electron chi connectivity index (χ3n) is 2.78. The van der Waals surface area contributed by atoms with Crippen LogP contribution in [0.5, 0.6) is 0 Å². The molecule has 0 saturated carbocycles. The summed E-state index contributed by atoms with van der Waals surface area (Å²) in [5.74, 6) is -0.747. The summed E-state index contributed by atoms with van der Waals surface area (Å²) in [6, 6.07) is 5.00. The number of nitrogens with zero attached hydrogens (tertiary/aromatic N) is 1. The van der Waals surface area contributed by atoms with Gasteiger partial charge in [-0.2, -0.15) is 13.5 Å². The van der Waals surface area contributed by atoms with Gasteiger partial charge >= 0.3 is 5.97 Å². The summed E-state index contributed by atoms with van der Waals surface area (Å²) in [7, 11) is -3.98. The molecular weight excluding hydrogens is 374 g/mol. The van der Waals surface area contributed by atoms with Gasteiger partial charge in [0.15, 0.2) is 5.03 Å². The van der Waals surface area contributed by atoms with Crippen LogP contribution < -0.4 is 4.72 Å². The lowest BCUT2D eigenvalue weighted by molar-refractivity contribution is 0.0522. The Morgan fingerprint density at radius 1 is 1.45 bits per heavy atom. The molecule has 118 valence electrons. The van der Waals surface area contributed by atoms with Crippen LogP contribution >= 0.6 is 15.9 Å². The lowest BCUT2D eigenvalue weighted by Gasteiger charge is -2.09. The van der Waals surface area contributed by atoms with Crippen molar-refractivity contribution in [2.75, 3.05) is 11.3 Å². The van der Waals surface area contributed by atoms with Gasteiger partial charge in [-0.15, -0.1) is 0 Å². The number of hydrogen-bond donors (Lipinski definition) is 2. The molecule has 0 amide bonds. The normalized spacial score (nSPS) is 11.2. The number of ether oxygens (including phenoxy) is 1. The number of hydrogen-bond acceptors (Lipinski definition) is 5. The van der Waals surface area contributed by atoms with E-state index in [4.69, 9.17) is 4.74 Å². The highest BCUT2D eigenvalue weighted by molar-refractivity contribution is 9.10. The Morgan fingerprint density at radius 2 is 2.18 bits per heavy atom. The molecule has 1 aromatic carbocycles. The maximum Gasteiger partial charge on any atom is 0.342 e. The number of aryl methyl sites for hydroxylation is 1. The molecule has 2 N–H and O–H groups in total. The quantitative estimate of drug-likeness (QED) is 0.767. The molecule has 0 fully saturated rings. The minimum Gasteiger partial charge on any atom is -0.462 e. The minimum atomic E-state index is -3.98. The Kier molecular flexibility index (Phi) is 4.87. The Morgan fingerprint density at radius 3 is 2.82 bits per heavy atom. The van der Waals surface area contributed by atoms with Crippen LogP contribution in [-0.4, -0.2) is 31.2 Å². The van der Waals surface area contributed by atoms with Crippen molar-refractivity contribution in [1.29, 1.82) is 0 Å². The van der Waals surface area contributed by atoms with Crippen molar-refractivity contribution in [1.82, 2.24) is 10.2 Å². The predicted octanol–water partition coefficient (Wildman–Crippen LogP) is 2.46. The van der Waals surface area contributed by atoms with Crippen LogP contribution in [-0.2, 0) is 14.8 Å². The van der Waals surface area contributed by atoms with Gasteiger partial charge in [-0.25, -0.2) is 4.79 Å². The predicted molar refractivity (Wildman–Crippen MR) is 84.2 cm³/mol. The minimum absolute atomic E-state index is 0.136. The van der Waals surface area contributed by atoms with E-state index in [2.05, 4.69) is 30.8 Å². The lowest BCUT2D eigenvalue weighted by Crippen LogP contribution is -2.17. The van der Waals surface area contributed by atoms with Gasteiger partial charge in [-0.3, -0.25) is 9.82 Å². The first-order valence-corrected chi connectivity index (χ1v) is 8.62. The number of aromatic amines is 1. The van der Waals surface area contributed by atoms with E-state index >= 15 is 0 Å². The van der Waals surface area contributed by atoms with Crippen LogP contribution in [0.1, 0.15) is 22.8 Å². The van der Waals surface area contributed by atoms with E-state index in [1.165, 1.54) is 0 Å². The standard InChI is InChI=1S/C13H14BrN3O4S/c1-3-21-13(18)10-7-15-16-12(10)22(19,20)17-9-4-5-11(14)8(2)6-9/h4-7,17H,3H2,1-2H3,(H,15,16). The van der Waals surface area contributed by atoms with Crippen LogP contribution in [0.25, 0.3) is 0 Å². The van der Waals surface area contributed by atoms with Gasteiger partial charge in [0, 0.05) is 10.2 Å². The van der Waals surface area contributed by atoms with Gasteiger partial charge in [0.2, 0.25) is 0 Å². The first-order chi connectivity index (χ1) is 10.3. The van der Waals surface area contributed by atoms with Crippen LogP contribution in [0.2, 0.25) is 0 Å². The highest BCUT2D eigenvalue weighted by atomic mass is 79.9. The van der Waals surface area contributed by atoms with Crippen molar-refractivity contribution in [2.45, 2.75) is 18.9 Å². The third-order valence-corrected chi connectivity index (χ3v) is 5.02. The van der Waals surface area contributed by atoms with Crippen LogP contribution in [0.15, 0.2) is 33.9 Å². The molecule has 0 unspecified atom stereocenters. The zero-order valence-corrected chi connectivity index (χ0v) is 14.3. The van der Waals surface area contributed by atoms with E-state index < -0.39 is 16.0 Å². The molecular formula is C13H14BrN3O4S. The number of benzene rings is 1. The van der Waals surface area contributed by atoms with Crippen LogP contribution in [0, 0.1) is 6.92 Å². The third kappa shape index (κ3) is 3.47. The van der Waals surface area contributed by atoms with E-state index in [0.717, 1.165) is 16.2 Å². The monoisotopic (exact) mass is 387 g/mol. The first-order valence-electron chi connectivity index (χ1n) is 6.34. The summed E-state index contributed by atoms with van der Waals surface area (Å²) in [5, 5.41) is 5.61. The summed E-state index contributed by atoms with van der Waals surface area (Å²) in [5.41, 5.74) is 1.11. The summed E-state index contributed by atoms with van der Waals surface area (Å²) in [6.45, 7) is 3.61. The van der Waals surface area contributed by atoms with E-state index in [9.17, 15) is 13.2 Å². The summed E-state index contributed by atoms with van der Waals surface area (Å²) < 4.78 is 32.8. The smallest absolute Gasteiger partial charge is 0.342 e. The fourth-order valence-electron chi connectivity index (χ4n) is 1.75. The van der Waals surface area contributed by atoms with Gasteiger partial charge in [0.1, 0.15) is 5.56 Å². The molecule has 7 nitrogen and oxygen atoms in total. The molecule has 0 spiro atoms. The highest BCUT2D eigenvalue weighted by Crippen LogP contribution is 2.23. The topological polar surface area (TPSA) is 101 Å². The number of anilines is 1. The highest BCUT2D eigenvalue weighted by Gasteiger charge is 2.26. The molecule has 0 radical (unpaired) electrons. The van der Waals surface area contributed by atoms with E-state index in [-0.39, 0.29) is 17.2 Å². The molecule has 1 heterocycles. The summed E-state index contributed by atoms with van der Waals surface area (Å²) in [6.07, 6.45) is 1.12. The number of sulfonamides is 1. The molecule has 0 aliphatic rings. The van der Waals surface area contributed by atoms with Gasteiger partial charge < -0.3 is 4.74 Å². The van der Waals surface area contributed by atoms with E-state index in [0.29, 0.717) is 5.69 Å². The zero-order valence-electron chi connectivity index (χ0n) is 11.9. The largest absolute Gasteiger partial charge is 0.462 e. The lowest BCUT2D eigenvalue weighted by atomic mass is 10.2. The van der Waals surface area contributed by atoms with Crippen molar-refractivity contribution >= 4 is 37.6 Å². The fraction of sp³-hybridized carbons (Fsp3) is 0.231. The maximum atomic E-state index is 12.4. The Labute approximate surface area is 136 Å². The Hall–Kier alpha value is -1.87. The molecule has 0 aliphatic heterocycles. The van der Waals surface area contributed by atoms with E-state index in [1.54, 1.807) is 25.1 Å². The second-order valence-corrected chi connectivity index (χ2v) is 6.88. The molecule has 0 atom stereocenters. The van der Waals surface area contributed by atoms with Gasteiger partial charge in [0.05, 0.1) is 12.8 Å². The molecule has 2 rings (SSSR count). The molecule has 1 aromatic heterocycles. The van der Waals surface area contributed by atoms with Crippen molar-refractivity contribution in [3.63, 3.8) is 0 Å². The molecule has 9 heteroatoms. The molecule has 0 saturated heterocycles. The first kappa shape index (κ1) is 16.5. The molecule has 22 heavy (non-hydrogen) atoms. The van der Waals surface area contributed by atoms with Gasteiger partial charge in [-0.05, 0) is 37.6 Å². The average Bonchev–Trinajstić information content (AvgIpc) is 2.93. The number of H-pyrrole nitrogens is 1. The number of halogens is 1. The van der Waals surface area contributed by atoms with Gasteiger partial charge in [-0.1, -0.05) is 15.9 Å². The van der Waals surface area contributed by atoms with Gasteiger partial charge in [0.25, 0.3) is 10.0 Å². The second-order valence-electron chi connectivity index (χ2n) is 4.40. The maximum absolute atomic E-state index is 12.4. The van der Waals surface area contributed by atoms with Crippen molar-refractivity contribution in [3.8, 4) is 0 Å². The Balaban J connectivity index is 2.33. The van der Waals surface area contributed by atoms with Crippen molar-refractivity contribution in [3.05, 3.63) is 40.0 Å². The summed E-state index contributed by atoms with van der Waals surface area (Å²) >= 11 is 3.34. The fourth-order valence-corrected chi connectivity index (χ4v) is 3.13. The molecule has 2 aromatic rings. The molecule has 0 bridgehead atoms. The van der Waals surface area contributed by atoms with E-state index in [1.807, 2.05) is 6.92 Å². The number of esters is 1. The van der Waals surface area contributed by atoms with Crippen molar-refractivity contribution < 1.29 is 17.9 Å². The second kappa shape index (κ2) is 6.49. The van der Waals surface area contributed by atoms with Crippen molar-refractivity contribution in [2.24, 2.45) is 0 Å². The number of rotatable bonds is 5. The SMILES string of the molecule is CCOC(=O)c1cn[nH]c1S(=O)(=O)Nc1ccc(Br)c(C)c1. The number of carbonyl (C=O) groups excluding carboxylic acids is 1. The average molecular weight is 388 g/mol. The number of aromatic nitrogens is 2. The summed E-state index contributed by atoms with van der Waals surface area (Å²) in [4.78, 5) is 11.7. The number of nitrogens with one attached hydrogen (secondary N) is 2. The van der Waals surface area contributed by atoms with Crippen LogP contribution in [0.3, 0.4) is 0 Å². The number of carbonyl (C=O) groups is 1. The van der Waals surface area contributed by atoms with Crippen LogP contribution in [0.4, 0.5) is 5.69 Å². The Bertz CT molecular complexity index is 801.